The third-order valence-corrected chi connectivity index (χ3v) is 8.29. The Labute approximate surface area is 175 Å². The maximum Gasteiger partial charge on any atom is 0.143 e. The highest BCUT2D eigenvalue weighted by molar-refractivity contribution is 7.21. The molecular weight excluding hydrogens is 378 g/mol. The summed E-state index contributed by atoms with van der Waals surface area (Å²) >= 11 is 1.63. The van der Waals surface area contributed by atoms with Crippen LogP contribution in [0, 0.1) is 23.7 Å². The molecule has 4 heteroatoms. The highest BCUT2D eigenvalue weighted by Gasteiger charge is 2.46. The Morgan fingerprint density at radius 2 is 1.69 bits per heavy atom. The van der Waals surface area contributed by atoms with Crippen LogP contribution in [-0.4, -0.2) is 17.2 Å². The van der Waals surface area contributed by atoms with Gasteiger partial charge in [0.05, 0.1) is 11.8 Å². The Morgan fingerprint density at radius 3 is 2.34 bits per heavy atom. The standard InChI is InChI=1S/C25H25NO2S/c1-28-24(22-17-8-14-7-15(10-17)11-18(22)9-14)19-12-20(27)23-21(13-19)29-25(26-23)16-5-3-2-4-6-16/h2-6,12-15,17-18,27H,7-11H2,1H3. The number of allylic oxidation sites excluding steroid dienone is 1. The Balaban J connectivity index is 1.47. The molecule has 0 unspecified atom stereocenters. The highest BCUT2D eigenvalue weighted by Crippen LogP contribution is 2.58. The summed E-state index contributed by atoms with van der Waals surface area (Å²) in [7, 11) is 1.79. The zero-order valence-electron chi connectivity index (χ0n) is 16.6. The number of methoxy groups -OCH3 is 1. The Morgan fingerprint density at radius 1 is 1.00 bits per heavy atom. The van der Waals surface area contributed by atoms with E-state index >= 15 is 0 Å². The number of rotatable bonds is 3. The van der Waals surface area contributed by atoms with Crippen molar-refractivity contribution in [3.63, 3.8) is 0 Å². The Hall–Kier alpha value is -2.33. The van der Waals surface area contributed by atoms with E-state index in [1.165, 1.54) is 37.7 Å². The fourth-order valence-corrected chi connectivity index (χ4v) is 7.34. The van der Waals surface area contributed by atoms with Crippen molar-refractivity contribution in [2.24, 2.45) is 23.7 Å². The van der Waals surface area contributed by atoms with E-state index in [4.69, 9.17) is 9.72 Å². The van der Waals surface area contributed by atoms with Crippen LogP contribution in [0.1, 0.15) is 37.7 Å². The largest absolute Gasteiger partial charge is 0.506 e. The number of phenols is 1. The number of hydrogen-bond donors (Lipinski definition) is 1. The summed E-state index contributed by atoms with van der Waals surface area (Å²) in [4.78, 5) is 4.71. The molecule has 0 spiro atoms. The minimum atomic E-state index is 0.245. The summed E-state index contributed by atoms with van der Waals surface area (Å²) in [6.07, 6.45) is 6.73. The molecule has 4 aliphatic carbocycles. The van der Waals surface area contributed by atoms with Crippen LogP contribution in [0.25, 0.3) is 26.5 Å². The van der Waals surface area contributed by atoms with Gasteiger partial charge in [-0.05, 0) is 73.5 Å². The van der Waals surface area contributed by atoms with Gasteiger partial charge in [0.25, 0.3) is 0 Å². The smallest absolute Gasteiger partial charge is 0.143 e. The predicted molar refractivity (Wildman–Crippen MR) is 118 cm³/mol. The molecule has 0 amide bonds. The summed E-state index contributed by atoms with van der Waals surface area (Å²) in [5, 5.41) is 11.7. The summed E-state index contributed by atoms with van der Waals surface area (Å²) in [5.74, 6) is 4.43. The fourth-order valence-electron chi connectivity index (χ4n) is 6.31. The van der Waals surface area contributed by atoms with Gasteiger partial charge in [-0.1, -0.05) is 30.3 Å². The second-order valence-electron chi connectivity index (χ2n) is 9.02. The van der Waals surface area contributed by atoms with E-state index in [2.05, 4.69) is 18.2 Å². The molecule has 29 heavy (non-hydrogen) atoms. The van der Waals surface area contributed by atoms with E-state index in [0.29, 0.717) is 17.4 Å². The van der Waals surface area contributed by atoms with Crippen LogP contribution in [0.2, 0.25) is 0 Å². The molecule has 1 N–H and O–H groups in total. The van der Waals surface area contributed by atoms with Gasteiger partial charge in [0.15, 0.2) is 0 Å². The topological polar surface area (TPSA) is 42.4 Å². The van der Waals surface area contributed by atoms with Gasteiger partial charge in [0, 0.05) is 11.1 Å². The lowest BCUT2D eigenvalue weighted by molar-refractivity contribution is 0.0675. The number of fused-ring (bicyclic) bond motifs is 1. The molecule has 1 heterocycles. The lowest BCUT2D eigenvalue weighted by Crippen LogP contribution is -2.40. The van der Waals surface area contributed by atoms with Gasteiger partial charge in [0.2, 0.25) is 0 Å². The van der Waals surface area contributed by atoms with Gasteiger partial charge in [0.1, 0.15) is 22.0 Å². The molecule has 4 saturated carbocycles. The molecule has 4 fully saturated rings. The van der Waals surface area contributed by atoms with Crippen LogP contribution in [-0.2, 0) is 4.74 Å². The third kappa shape index (κ3) is 2.80. The van der Waals surface area contributed by atoms with Crippen molar-refractivity contribution in [1.29, 1.82) is 0 Å². The minimum absolute atomic E-state index is 0.245. The van der Waals surface area contributed by atoms with Crippen molar-refractivity contribution in [2.75, 3.05) is 7.11 Å². The molecule has 148 valence electrons. The summed E-state index contributed by atoms with van der Waals surface area (Å²) < 4.78 is 7.02. The summed E-state index contributed by atoms with van der Waals surface area (Å²) in [6.45, 7) is 0. The van der Waals surface area contributed by atoms with Crippen molar-refractivity contribution in [3.05, 3.63) is 53.6 Å². The Bertz CT molecular complexity index is 1080. The summed E-state index contributed by atoms with van der Waals surface area (Å²) in [5.41, 5.74) is 4.29. The number of benzene rings is 2. The van der Waals surface area contributed by atoms with Gasteiger partial charge in [-0.3, -0.25) is 0 Å². The van der Waals surface area contributed by atoms with Crippen LogP contribution >= 0.6 is 11.3 Å². The van der Waals surface area contributed by atoms with E-state index < -0.39 is 0 Å². The molecule has 0 saturated heterocycles. The van der Waals surface area contributed by atoms with Gasteiger partial charge < -0.3 is 9.84 Å². The SMILES string of the molecule is COC(=C1C2CC3CC(C2)CC1C3)c1cc(O)c2nc(-c3ccccc3)sc2c1. The Kier molecular flexibility index (Phi) is 3.98. The number of nitrogens with zero attached hydrogens (tertiary/aromatic N) is 1. The lowest BCUT2D eigenvalue weighted by atomic mass is 9.54. The van der Waals surface area contributed by atoms with Crippen molar-refractivity contribution in [1.82, 2.24) is 4.98 Å². The first-order chi connectivity index (χ1) is 14.2. The average Bonchev–Trinajstić information content (AvgIpc) is 3.16. The average molecular weight is 404 g/mol. The fraction of sp³-hybridized carbons (Fsp3) is 0.400. The first-order valence-corrected chi connectivity index (χ1v) is 11.5. The maximum atomic E-state index is 10.8. The van der Waals surface area contributed by atoms with Crippen molar-refractivity contribution < 1.29 is 9.84 Å². The predicted octanol–water partition coefficient (Wildman–Crippen LogP) is 6.48. The molecule has 3 aromatic rings. The number of phenolic OH excluding ortho intramolecular Hbond substituents is 1. The molecule has 3 nitrogen and oxygen atoms in total. The number of ether oxygens (including phenoxy) is 1. The molecule has 2 aromatic carbocycles. The molecule has 0 aliphatic heterocycles. The normalized spacial score (nSPS) is 27.6. The highest BCUT2D eigenvalue weighted by atomic mass is 32.1. The molecule has 4 aliphatic rings. The van der Waals surface area contributed by atoms with E-state index in [9.17, 15) is 5.11 Å². The zero-order chi connectivity index (χ0) is 19.5. The molecule has 0 atom stereocenters. The number of thiazole rings is 1. The zero-order valence-corrected chi connectivity index (χ0v) is 17.4. The summed E-state index contributed by atoms with van der Waals surface area (Å²) in [6, 6.07) is 14.2. The van der Waals surface area contributed by atoms with Crippen molar-refractivity contribution in [3.8, 4) is 16.3 Å². The number of aromatic nitrogens is 1. The molecule has 4 bridgehead atoms. The number of aromatic hydroxyl groups is 1. The van der Waals surface area contributed by atoms with E-state index in [1.807, 2.05) is 24.3 Å². The third-order valence-electron chi connectivity index (χ3n) is 7.24. The van der Waals surface area contributed by atoms with Crippen LogP contribution < -0.4 is 0 Å². The second kappa shape index (κ2) is 6.60. The van der Waals surface area contributed by atoms with Crippen molar-refractivity contribution >= 4 is 27.3 Å². The van der Waals surface area contributed by atoms with Crippen LogP contribution in [0.4, 0.5) is 0 Å². The van der Waals surface area contributed by atoms with E-state index in [-0.39, 0.29) is 5.75 Å². The number of hydrogen-bond acceptors (Lipinski definition) is 4. The van der Waals surface area contributed by atoms with Crippen molar-refractivity contribution in [2.45, 2.75) is 32.1 Å². The van der Waals surface area contributed by atoms with Gasteiger partial charge in [-0.25, -0.2) is 4.98 Å². The maximum absolute atomic E-state index is 10.8. The van der Waals surface area contributed by atoms with Gasteiger partial charge in [-0.2, -0.15) is 0 Å². The quantitative estimate of drug-likeness (QED) is 0.509. The monoisotopic (exact) mass is 403 g/mol. The van der Waals surface area contributed by atoms with E-state index in [1.54, 1.807) is 18.4 Å². The van der Waals surface area contributed by atoms with E-state index in [0.717, 1.165) is 38.4 Å². The first kappa shape index (κ1) is 17.5. The molecule has 7 rings (SSSR count). The first-order valence-electron chi connectivity index (χ1n) is 10.7. The minimum Gasteiger partial charge on any atom is -0.506 e. The van der Waals surface area contributed by atoms with Crippen LogP contribution in [0.15, 0.2) is 48.0 Å². The van der Waals surface area contributed by atoms with Crippen LogP contribution in [0.5, 0.6) is 5.75 Å². The molecular formula is C25H25NO2S. The van der Waals surface area contributed by atoms with Gasteiger partial charge in [-0.15, -0.1) is 11.3 Å². The second-order valence-corrected chi connectivity index (χ2v) is 10.1. The lowest BCUT2D eigenvalue weighted by Gasteiger charge is -2.51. The van der Waals surface area contributed by atoms with Crippen LogP contribution in [0.3, 0.4) is 0 Å². The molecule has 0 radical (unpaired) electrons. The van der Waals surface area contributed by atoms with Gasteiger partial charge >= 0.3 is 0 Å². The molecule has 1 aromatic heterocycles.